The summed E-state index contributed by atoms with van der Waals surface area (Å²) < 4.78 is 5.09. The third-order valence-corrected chi connectivity index (χ3v) is 3.19. The molecule has 0 N–H and O–H groups in total. The molecule has 20 heavy (non-hydrogen) atoms. The summed E-state index contributed by atoms with van der Waals surface area (Å²) >= 11 is 5.75. The molecule has 112 valence electrons. The zero-order valence-electron chi connectivity index (χ0n) is 12.1. The molecule has 1 rings (SSSR count). The summed E-state index contributed by atoms with van der Waals surface area (Å²) in [4.78, 5) is 12.9. The van der Waals surface area contributed by atoms with Gasteiger partial charge in [-0.1, -0.05) is 19.9 Å². The smallest absolute Gasteiger partial charge is 0.292 e. The van der Waals surface area contributed by atoms with Gasteiger partial charge in [-0.15, -0.1) is 11.6 Å². The van der Waals surface area contributed by atoms with Gasteiger partial charge in [-0.3, -0.25) is 10.1 Å². The molecular formula is C14H21ClN2O3. The van der Waals surface area contributed by atoms with Crippen molar-refractivity contribution < 1.29 is 9.66 Å². The normalized spacial score (nSPS) is 10.8. The number of nitrogens with zero attached hydrogens (tertiary/aromatic N) is 2. The van der Waals surface area contributed by atoms with Gasteiger partial charge in [0, 0.05) is 32.1 Å². The second-order valence-corrected chi connectivity index (χ2v) is 5.31. The lowest BCUT2D eigenvalue weighted by molar-refractivity contribution is -0.384. The van der Waals surface area contributed by atoms with Gasteiger partial charge in [-0.25, -0.2) is 0 Å². The lowest BCUT2D eigenvalue weighted by atomic mass is 10.1. The van der Waals surface area contributed by atoms with Crippen molar-refractivity contribution in [2.75, 3.05) is 31.7 Å². The van der Waals surface area contributed by atoms with Crippen molar-refractivity contribution in [3.63, 3.8) is 0 Å². The number of rotatable bonds is 8. The highest BCUT2D eigenvalue weighted by molar-refractivity contribution is 6.17. The fourth-order valence-electron chi connectivity index (χ4n) is 2.02. The minimum Gasteiger partial charge on any atom is -0.383 e. The van der Waals surface area contributed by atoms with Gasteiger partial charge in [0.2, 0.25) is 0 Å². The summed E-state index contributed by atoms with van der Waals surface area (Å²) in [6, 6.07) is 5.14. The molecule has 0 aliphatic rings. The van der Waals surface area contributed by atoms with Crippen LogP contribution in [-0.2, 0) is 10.6 Å². The standard InChI is InChI=1S/C14H21ClN2O3/c1-11(2)10-16(6-7-20-3)13-5-4-12(9-15)8-14(13)17(18)19/h4-5,8,11H,6-7,9-10H2,1-3H3. The Bertz CT molecular complexity index is 452. The molecule has 0 bridgehead atoms. The second kappa shape index (κ2) is 8.07. The van der Waals surface area contributed by atoms with Gasteiger partial charge in [0.25, 0.3) is 5.69 Å². The van der Waals surface area contributed by atoms with Crippen LogP contribution in [0.4, 0.5) is 11.4 Å². The molecule has 1 aromatic carbocycles. The van der Waals surface area contributed by atoms with Gasteiger partial charge in [0.05, 0.1) is 11.5 Å². The maximum Gasteiger partial charge on any atom is 0.292 e. The Hall–Kier alpha value is -1.33. The van der Waals surface area contributed by atoms with E-state index in [1.807, 2.05) is 11.0 Å². The van der Waals surface area contributed by atoms with Crippen LogP contribution in [0.1, 0.15) is 19.4 Å². The van der Waals surface area contributed by atoms with E-state index < -0.39 is 0 Å². The largest absolute Gasteiger partial charge is 0.383 e. The van der Waals surface area contributed by atoms with E-state index in [0.29, 0.717) is 24.8 Å². The monoisotopic (exact) mass is 300 g/mol. The highest BCUT2D eigenvalue weighted by Gasteiger charge is 2.20. The molecule has 0 radical (unpaired) electrons. The third-order valence-electron chi connectivity index (χ3n) is 2.88. The number of anilines is 1. The average molecular weight is 301 g/mol. The SMILES string of the molecule is COCCN(CC(C)C)c1ccc(CCl)cc1[N+](=O)[O-]. The van der Waals surface area contributed by atoms with Crippen molar-refractivity contribution >= 4 is 23.0 Å². The molecule has 0 fully saturated rings. The van der Waals surface area contributed by atoms with Crippen LogP contribution in [0, 0.1) is 16.0 Å². The number of hydrogen-bond acceptors (Lipinski definition) is 4. The Labute approximate surface area is 124 Å². The molecule has 0 aliphatic heterocycles. The average Bonchev–Trinajstić information content (AvgIpc) is 2.42. The lowest BCUT2D eigenvalue weighted by Gasteiger charge is -2.26. The molecule has 0 spiro atoms. The number of nitro groups is 1. The molecule has 0 heterocycles. The highest BCUT2D eigenvalue weighted by atomic mass is 35.5. The van der Waals surface area contributed by atoms with Crippen molar-refractivity contribution in [2.45, 2.75) is 19.7 Å². The number of alkyl halides is 1. The molecule has 0 unspecified atom stereocenters. The predicted molar refractivity (Wildman–Crippen MR) is 81.6 cm³/mol. The number of halogens is 1. The van der Waals surface area contributed by atoms with Crippen molar-refractivity contribution in [3.05, 3.63) is 33.9 Å². The van der Waals surface area contributed by atoms with Crippen molar-refractivity contribution in [1.82, 2.24) is 0 Å². The Morgan fingerprint density at radius 1 is 1.45 bits per heavy atom. The first-order valence-corrected chi connectivity index (χ1v) is 7.10. The van der Waals surface area contributed by atoms with Crippen LogP contribution >= 0.6 is 11.6 Å². The summed E-state index contributed by atoms with van der Waals surface area (Å²) in [5.41, 5.74) is 1.47. The molecule has 5 nitrogen and oxygen atoms in total. The Morgan fingerprint density at radius 3 is 2.65 bits per heavy atom. The topological polar surface area (TPSA) is 55.6 Å². The lowest BCUT2D eigenvalue weighted by Crippen LogP contribution is -2.31. The van der Waals surface area contributed by atoms with Crippen LogP contribution in [0.5, 0.6) is 0 Å². The zero-order chi connectivity index (χ0) is 15.1. The van der Waals surface area contributed by atoms with Gasteiger partial charge in [0.1, 0.15) is 5.69 Å². The highest BCUT2D eigenvalue weighted by Crippen LogP contribution is 2.30. The van der Waals surface area contributed by atoms with Gasteiger partial charge in [-0.2, -0.15) is 0 Å². The van der Waals surface area contributed by atoms with Crippen LogP contribution in [0.25, 0.3) is 0 Å². The number of hydrogen-bond donors (Lipinski definition) is 0. The first-order valence-electron chi connectivity index (χ1n) is 6.56. The zero-order valence-corrected chi connectivity index (χ0v) is 12.9. The van der Waals surface area contributed by atoms with Gasteiger partial charge >= 0.3 is 0 Å². The number of ether oxygens (including phenoxy) is 1. The first kappa shape index (κ1) is 16.7. The second-order valence-electron chi connectivity index (χ2n) is 5.05. The summed E-state index contributed by atoms with van der Waals surface area (Å²) in [6.45, 7) is 6.05. The Kier molecular flexibility index (Phi) is 6.75. The van der Waals surface area contributed by atoms with E-state index in [1.54, 1.807) is 19.2 Å². The maximum absolute atomic E-state index is 11.3. The summed E-state index contributed by atoms with van der Waals surface area (Å²) in [5, 5.41) is 11.3. The molecule has 0 saturated heterocycles. The van der Waals surface area contributed by atoms with E-state index in [2.05, 4.69) is 13.8 Å². The molecular weight excluding hydrogens is 280 g/mol. The van der Waals surface area contributed by atoms with Gasteiger partial charge in [-0.05, 0) is 17.5 Å². The predicted octanol–water partition coefficient (Wildman–Crippen LogP) is 3.44. The molecule has 0 aromatic heterocycles. The van der Waals surface area contributed by atoms with Crippen LogP contribution in [-0.4, -0.2) is 31.7 Å². The van der Waals surface area contributed by atoms with E-state index >= 15 is 0 Å². The number of methoxy groups -OCH3 is 1. The van der Waals surface area contributed by atoms with E-state index in [9.17, 15) is 10.1 Å². The summed E-state index contributed by atoms with van der Waals surface area (Å²) in [6.07, 6.45) is 0. The molecule has 0 aliphatic carbocycles. The van der Waals surface area contributed by atoms with E-state index in [0.717, 1.165) is 12.1 Å². The molecule has 0 amide bonds. The minimum atomic E-state index is -0.356. The summed E-state index contributed by atoms with van der Waals surface area (Å²) in [7, 11) is 1.62. The van der Waals surface area contributed by atoms with Crippen LogP contribution in [0.2, 0.25) is 0 Å². The van der Waals surface area contributed by atoms with E-state index in [1.165, 1.54) is 0 Å². The molecule has 1 aromatic rings. The van der Waals surface area contributed by atoms with Crippen LogP contribution in [0.15, 0.2) is 18.2 Å². The molecule has 0 atom stereocenters. The van der Waals surface area contributed by atoms with Gasteiger partial charge in [0.15, 0.2) is 0 Å². The first-order chi connectivity index (χ1) is 9.49. The summed E-state index contributed by atoms with van der Waals surface area (Å²) in [5.74, 6) is 0.669. The third kappa shape index (κ3) is 4.65. The fraction of sp³-hybridized carbons (Fsp3) is 0.571. The van der Waals surface area contributed by atoms with Crippen molar-refractivity contribution in [1.29, 1.82) is 0 Å². The minimum absolute atomic E-state index is 0.0971. The Balaban J connectivity index is 3.13. The van der Waals surface area contributed by atoms with Gasteiger partial charge < -0.3 is 9.64 Å². The van der Waals surface area contributed by atoms with Crippen LogP contribution < -0.4 is 4.90 Å². The number of benzene rings is 1. The maximum atomic E-state index is 11.3. The Morgan fingerprint density at radius 2 is 2.15 bits per heavy atom. The van der Waals surface area contributed by atoms with Crippen molar-refractivity contribution in [3.8, 4) is 0 Å². The van der Waals surface area contributed by atoms with Crippen LogP contribution in [0.3, 0.4) is 0 Å². The van der Waals surface area contributed by atoms with Crippen molar-refractivity contribution in [2.24, 2.45) is 5.92 Å². The quantitative estimate of drug-likeness (QED) is 0.419. The fourth-order valence-corrected chi connectivity index (χ4v) is 2.18. The van der Waals surface area contributed by atoms with E-state index in [4.69, 9.17) is 16.3 Å². The molecule has 6 heteroatoms. The van der Waals surface area contributed by atoms with E-state index in [-0.39, 0.29) is 16.5 Å². The molecule has 0 saturated carbocycles. The number of nitro benzene ring substituents is 1.